The van der Waals surface area contributed by atoms with Crippen LogP contribution in [0.25, 0.3) is 0 Å². The molecule has 0 heterocycles. The number of hydrogen-bond acceptors (Lipinski definition) is 7. The van der Waals surface area contributed by atoms with E-state index < -0.39 is 13.9 Å². The first-order chi connectivity index (χ1) is 27.9. The summed E-state index contributed by atoms with van der Waals surface area (Å²) in [5.74, 6) is -0.323. The van der Waals surface area contributed by atoms with E-state index in [2.05, 4.69) is 13.8 Å². The van der Waals surface area contributed by atoms with Crippen molar-refractivity contribution in [1.29, 1.82) is 0 Å². The monoisotopic (exact) mass is 832 g/mol. The van der Waals surface area contributed by atoms with Crippen LogP contribution >= 0.6 is 7.82 Å². The minimum Gasteiger partial charge on any atom is -0.457 e. The molecule has 9 heteroatoms. The van der Waals surface area contributed by atoms with E-state index in [1.165, 1.54) is 212 Å². The van der Waals surface area contributed by atoms with E-state index in [-0.39, 0.29) is 32.3 Å². The first-order valence-electron chi connectivity index (χ1n) is 25.0. The summed E-state index contributed by atoms with van der Waals surface area (Å²) in [5.41, 5.74) is 5.38. The molecule has 0 aliphatic heterocycles. The van der Waals surface area contributed by atoms with E-state index in [9.17, 15) is 14.3 Å². The van der Waals surface area contributed by atoms with Gasteiger partial charge in [0.2, 0.25) is 0 Å². The van der Waals surface area contributed by atoms with Crippen molar-refractivity contribution in [2.45, 2.75) is 270 Å². The van der Waals surface area contributed by atoms with Gasteiger partial charge in [0.1, 0.15) is 6.10 Å². The molecule has 2 atom stereocenters. The minimum absolute atomic E-state index is 0.0899. The molecule has 0 aromatic carbocycles. The zero-order valence-corrected chi connectivity index (χ0v) is 39.0. The molecule has 0 aromatic rings. The van der Waals surface area contributed by atoms with Gasteiger partial charge in [-0.2, -0.15) is 0 Å². The van der Waals surface area contributed by atoms with Crippen LogP contribution in [0.15, 0.2) is 0 Å². The molecule has 0 saturated heterocycles. The fourth-order valence-corrected chi connectivity index (χ4v) is 8.35. The third-order valence-corrected chi connectivity index (χ3v) is 12.3. The van der Waals surface area contributed by atoms with Gasteiger partial charge in [0.15, 0.2) is 0 Å². The SMILES string of the molecule is CCCCCCCCCCCCCCCCCCCCCCCCCCCOCC(COP(=O)(O)OCCN)OC(=O)CCCCCCCCCCCCCCC. The van der Waals surface area contributed by atoms with Gasteiger partial charge < -0.3 is 20.1 Å². The number of carbonyl (C=O) groups excluding carboxylic acids is 1. The smallest absolute Gasteiger partial charge is 0.457 e. The maximum atomic E-state index is 12.6. The summed E-state index contributed by atoms with van der Waals surface area (Å²) in [4.78, 5) is 22.5. The standard InChI is InChI=1S/C48H98NO7P/c1-3-5-7-9-11-13-15-17-18-19-20-21-22-23-24-25-26-27-28-30-32-34-36-38-40-43-53-45-47(46-55-57(51,52)54-44-42-49)56-48(50)41-39-37-35-33-31-29-16-14-12-10-8-6-4-2/h47H,3-46,49H2,1-2H3,(H,51,52). The molecule has 8 nitrogen and oxygen atoms in total. The zero-order chi connectivity index (χ0) is 41.6. The molecular formula is C48H98NO7P. The summed E-state index contributed by atoms with van der Waals surface area (Å²) in [6.45, 7) is 4.99. The maximum absolute atomic E-state index is 12.6. The predicted octanol–water partition coefficient (Wildman–Crippen LogP) is 15.3. The van der Waals surface area contributed by atoms with Gasteiger partial charge in [0.25, 0.3) is 0 Å². The Labute approximate surface area is 354 Å². The summed E-state index contributed by atoms with van der Waals surface area (Å²) in [5, 5.41) is 0. The van der Waals surface area contributed by atoms with Gasteiger partial charge in [-0.15, -0.1) is 0 Å². The Hall–Kier alpha value is -0.500. The van der Waals surface area contributed by atoms with Crippen LogP contribution in [-0.4, -0.2) is 49.9 Å². The lowest BCUT2D eigenvalue weighted by atomic mass is 10.0. The molecule has 0 aliphatic rings. The van der Waals surface area contributed by atoms with Crippen molar-refractivity contribution in [1.82, 2.24) is 0 Å². The molecule has 57 heavy (non-hydrogen) atoms. The molecule has 0 aromatic heterocycles. The second kappa shape index (κ2) is 46.6. The molecule has 2 unspecified atom stereocenters. The van der Waals surface area contributed by atoms with Crippen LogP contribution in [0.1, 0.15) is 264 Å². The number of ether oxygens (including phenoxy) is 2. The molecule has 3 N–H and O–H groups in total. The second-order valence-corrected chi connectivity index (χ2v) is 18.5. The number of phosphoric ester groups is 1. The molecule has 0 fully saturated rings. The van der Waals surface area contributed by atoms with Crippen LogP contribution in [0.3, 0.4) is 0 Å². The number of unbranched alkanes of at least 4 members (excludes halogenated alkanes) is 36. The Morgan fingerprint density at radius 2 is 0.772 bits per heavy atom. The van der Waals surface area contributed by atoms with Crippen molar-refractivity contribution in [2.24, 2.45) is 5.73 Å². The molecule has 342 valence electrons. The van der Waals surface area contributed by atoms with Gasteiger partial charge in [-0.1, -0.05) is 245 Å². The normalized spacial score (nSPS) is 13.3. The number of hydrogen-bond donors (Lipinski definition) is 2. The molecule has 0 aliphatic carbocycles. The van der Waals surface area contributed by atoms with E-state index in [1.54, 1.807) is 0 Å². The van der Waals surface area contributed by atoms with Gasteiger partial charge >= 0.3 is 13.8 Å². The lowest BCUT2D eigenvalue weighted by molar-refractivity contribution is -0.154. The van der Waals surface area contributed by atoms with Crippen LogP contribution in [0.5, 0.6) is 0 Å². The van der Waals surface area contributed by atoms with Crippen LogP contribution in [0.4, 0.5) is 0 Å². The van der Waals surface area contributed by atoms with Gasteiger partial charge in [0.05, 0.1) is 19.8 Å². The number of carbonyl (C=O) groups is 1. The Kier molecular flexibility index (Phi) is 46.2. The zero-order valence-electron chi connectivity index (χ0n) is 38.1. The average molecular weight is 832 g/mol. The van der Waals surface area contributed by atoms with Gasteiger partial charge in [0, 0.05) is 19.6 Å². The van der Waals surface area contributed by atoms with Crippen LogP contribution < -0.4 is 5.73 Å². The third-order valence-electron chi connectivity index (χ3n) is 11.3. The van der Waals surface area contributed by atoms with Crippen molar-refractivity contribution in [3.8, 4) is 0 Å². The van der Waals surface area contributed by atoms with E-state index in [0.717, 1.165) is 32.1 Å². The van der Waals surface area contributed by atoms with E-state index in [4.69, 9.17) is 24.3 Å². The number of esters is 1. The molecule has 0 bridgehead atoms. The van der Waals surface area contributed by atoms with E-state index in [0.29, 0.717) is 13.0 Å². The highest BCUT2D eigenvalue weighted by Crippen LogP contribution is 2.43. The first kappa shape index (κ1) is 56.5. The molecule has 0 rings (SSSR count). The van der Waals surface area contributed by atoms with Crippen LogP contribution in [-0.2, 0) is 27.9 Å². The summed E-state index contributed by atoms with van der Waals surface area (Å²) < 4.78 is 33.5. The van der Waals surface area contributed by atoms with Crippen molar-refractivity contribution in [2.75, 3.05) is 33.0 Å². The number of rotatable bonds is 49. The summed E-state index contributed by atoms with van der Waals surface area (Å²) >= 11 is 0. The Morgan fingerprint density at radius 1 is 0.456 bits per heavy atom. The average Bonchev–Trinajstić information content (AvgIpc) is 3.20. The van der Waals surface area contributed by atoms with Crippen molar-refractivity contribution in [3.63, 3.8) is 0 Å². The molecular weight excluding hydrogens is 734 g/mol. The van der Waals surface area contributed by atoms with E-state index >= 15 is 0 Å². The largest absolute Gasteiger partial charge is 0.472 e. The number of phosphoric acid groups is 1. The highest BCUT2D eigenvalue weighted by molar-refractivity contribution is 7.47. The van der Waals surface area contributed by atoms with Crippen LogP contribution in [0.2, 0.25) is 0 Å². The fourth-order valence-electron chi connectivity index (χ4n) is 7.59. The lowest BCUT2D eigenvalue weighted by Gasteiger charge is -2.20. The molecule has 0 amide bonds. The van der Waals surface area contributed by atoms with Crippen molar-refractivity contribution in [3.05, 3.63) is 0 Å². The van der Waals surface area contributed by atoms with Gasteiger partial charge in [-0.3, -0.25) is 13.8 Å². The minimum atomic E-state index is -4.27. The Balaban J connectivity index is 3.81. The highest BCUT2D eigenvalue weighted by Gasteiger charge is 2.25. The summed E-state index contributed by atoms with van der Waals surface area (Å²) in [7, 11) is -4.27. The maximum Gasteiger partial charge on any atom is 0.472 e. The van der Waals surface area contributed by atoms with Crippen LogP contribution in [0, 0.1) is 0 Å². The van der Waals surface area contributed by atoms with Crippen molar-refractivity contribution >= 4 is 13.8 Å². The number of nitrogens with two attached hydrogens (primary N) is 1. The first-order valence-corrected chi connectivity index (χ1v) is 26.5. The molecule has 0 spiro atoms. The van der Waals surface area contributed by atoms with Gasteiger partial charge in [-0.25, -0.2) is 4.57 Å². The molecule has 0 radical (unpaired) electrons. The molecule has 0 saturated carbocycles. The predicted molar refractivity (Wildman–Crippen MR) is 243 cm³/mol. The van der Waals surface area contributed by atoms with E-state index in [1.807, 2.05) is 0 Å². The fraction of sp³-hybridized carbons (Fsp3) is 0.979. The summed E-state index contributed by atoms with van der Waals surface area (Å²) in [6.07, 6.45) is 50.0. The Bertz CT molecular complexity index is 848. The summed E-state index contributed by atoms with van der Waals surface area (Å²) in [6, 6.07) is 0. The lowest BCUT2D eigenvalue weighted by Crippen LogP contribution is -2.28. The third kappa shape index (κ3) is 46.4. The highest BCUT2D eigenvalue weighted by atomic mass is 31.2. The quantitative estimate of drug-likeness (QED) is 0.0354. The Morgan fingerprint density at radius 3 is 1.11 bits per heavy atom. The van der Waals surface area contributed by atoms with Crippen molar-refractivity contribution < 1.29 is 32.8 Å². The van der Waals surface area contributed by atoms with Gasteiger partial charge in [-0.05, 0) is 12.8 Å². The topological polar surface area (TPSA) is 117 Å². The second-order valence-electron chi connectivity index (χ2n) is 17.1.